The molecular weight excluding hydrogens is 534 g/mol. The third-order valence-corrected chi connectivity index (χ3v) is 8.85. The number of aromatic amines is 1. The van der Waals surface area contributed by atoms with E-state index in [4.69, 9.17) is 14.2 Å². The number of amides is 2. The average molecular weight is 584 g/mol. The number of nitrogens with one attached hydrogen (secondary N) is 1. The van der Waals surface area contributed by atoms with E-state index in [0.29, 0.717) is 25.5 Å². The van der Waals surface area contributed by atoms with Gasteiger partial charge in [0.1, 0.15) is 11.6 Å². The maximum Gasteiger partial charge on any atom is 0.410 e. The van der Waals surface area contributed by atoms with E-state index in [9.17, 15) is 14.4 Å². The molecule has 1 aliphatic carbocycles. The Hall–Kier alpha value is -3.07. The minimum Gasteiger partial charge on any atom is -0.467 e. The van der Waals surface area contributed by atoms with E-state index >= 15 is 0 Å². The number of methoxy groups -OCH3 is 2. The molecule has 3 unspecified atom stereocenters. The topological polar surface area (TPSA) is 101 Å². The van der Waals surface area contributed by atoms with Crippen LogP contribution in [-0.4, -0.2) is 78.8 Å². The fourth-order valence-electron chi connectivity index (χ4n) is 6.67. The van der Waals surface area contributed by atoms with Crippen molar-refractivity contribution in [1.29, 1.82) is 0 Å². The van der Waals surface area contributed by atoms with Gasteiger partial charge in [-0.1, -0.05) is 25.1 Å². The van der Waals surface area contributed by atoms with Gasteiger partial charge in [-0.05, 0) is 82.8 Å². The molecule has 0 radical (unpaired) electrons. The highest BCUT2D eigenvalue weighted by atomic mass is 16.6. The summed E-state index contributed by atoms with van der Waals surface area (Å²) in [5.41, 5.74) is 2.61. The maximum absolute atomic E-state index is 14.4. The van der Waals surface area contributed by atoms with Crippen molar-refractivity contribution in [3.8, 4) is 0 Å². The van der Waals surface area contributed by atoms with E-state index in [2.05, 4.69) is 18.0 Å². The van der Waals surface area contributed by atoms with Crippen LogP contribution in [0.15, 0.2) is 24.3 Å². The summed E-state index contributed by atoms with van der Waals surface area (Å²) in [5, 5.41) is 1.10. The molecule has 42 heavy (non-hydrogen) atoms. The second-order valence-corrected chi connectivity index (χ2v) is 13.3. The molecule has 9 nitrogen and oxygen atoms in total. The van der Waals surface area contributed by atoms with Gasteiger partial charge in [-0.2, -0.15) is 0 Å². The quantitative estimate of drug-likeness (QED) is 0.371. The number of rotatable bonds is 9. The number of benzene rings is 1. The van der Waals surface area contributed by atoms with Crippen LogP contribution in [0, 0.1) is 17.8 Å². The predicted octanol–water partition coefficient (Wildman–Crippen LogP) is 5.87. The van der Waals surface area contributed by atoms with Crippen molar-refractivity contribution in [3.63, 3.8) is 0 Å². The lowest BCUT2D eigenvalue weighted by Gasteiger charge is -2.44. The second kappa shape index (κ2) is 13.5. The van der Waals surface area contributed by atoms with Gasteiger partial charge in [-0.15, -0.1) is 0 Å². The standard InChI is InChI=1S/C33H49N3O6/c1-21(16-17-40-6)18-27-29-25(24-10-8-9-11-26(24)34-29)19-28(31(38)41-7)36(27)30(37)23-14-12-22(13-15-23)20-35(5)32(39)42-33(2,3)4/h8-11,21-23,27-28,34H,12-20H2,1-7H3. The summed E-state index contributed by atoms with van der Waals surface area (Å²) >= 11 is 0. The molecule has 3 atom stereocenters. The van der Waals surface area contributed by atoms with Crippen molar-refractivity contribution < 1.29 is 28.6 Å². The summed E-state index contributed by atoms with van der Waals surface area (Å²) in [6.07, 6.45) is 4.82. The maximum atomic E-state index is 14.4. The molecule has 2 aliphatic rings. The van der Waals surface area contributed by atoms with Crippen molar-refractivity contribution in [1.82, 2.24) is 14.8 Å². The molecular formula is C33H49N3O6. The van der Waals surface area contributed by atoms with E-state index in [1.54, 1.807) is 19.1 Å². The first-order chi connectivity index (χ1) is 19.9. The number of hydrogen-bond donors (Lipinski definition) is 1. The van der Waals surface area contributed by atoms with Gasteiger partial charge in [0.15, 0.2) is 0 Å². The third-order valence-electron chi connectivity index (χ3n) is 8.85. The molecule has 1 fully saturated rings. The molecule has 0 saturated heterocycles. The molecule has 4 rings (SSSR count). The Bertz CT molecular complexity index is 1240. The van der Waals surface area contributed by atoms with Crippen LogP contribution in [0.1, 0.15) is 83.5 Å². The molecule has 232 valence electrons. The van der Waals surface area contributed by atoms with E-state index in [-0.39, 0.29) is 35.8 Å². The van der Waals surface area contributed by atoms with Crippen LogP contribution in [0.3, 0.4) is 0 Å². The fraction of sp³-hybridized carbons (Fsp3) is 0.667. The van der Waals surface area contributed by atoms with Crippen molar-refractivity contribution in [2.75, 3.05) is 34.4 Å². The van der Waals surface area contributed by atoms with Crippen molar-refractivity contribution in [2.45, 2.75) is 90.3 Å². The summed E-state index contributed by atoms with van der Waals surface area (Å²) in [5.74, 6) is 0.0524. The number of carbonyl (C=O) groups excluding carboxylic acids is 3. The smallest absolute Gasteiger partial charge is 0.410 e. The Labute approximate surface area is 250 Å². The number of ether oxygens (including phenoxy) is 3. The zero-order valence-corrected chi connectivity index (χ0v) is 26.4. The molecule has 9 heteroatoms. The molecule has 1 aliphatic heterocycles. The Morgan fingerprint density at radius 2 is 1.79 bits per heavy atom. The second-order valence-electron chi connectivity index (χ2n) is 13.3. The summed E-state index contributed by atoms with van der Waals surface area (Å²) in [6.45, 7) is 9.01. The number of fused-ring (bicyclic) bond motifs is 3. The van der Waals surface area contributed by atoms with Crippen LogP contribution in [0.2, 0.25) is 0 Å². The van der Waals surface area contributed by atoms with Crippen LogP contribution >= 0.6 is 0 Å². The number of carbonyl (C=O) groups is 3. The molecule has 1 N–H and O–H groups in total. The van der Waals surface area contributed by atoms with Gasteiger partial charge >= 0.3 is 12.1 Å². The average Bonchev–Trinajstić information content (AvgIpc) is 3.33. The van der Waals surface area contributed by atoms with Crippen molar-refractivity contribution >= 4 is 28.9 Å². The first-order valence-electron chi connectivity index (χ1n) is 15.4. The van der Waals surface area contributed by atoms with Gasteiger partial charge in [0.25, 0.3) is 0 Å². The van der Waals surface area contributed by atoms with Crippen LogP contribution in [0.5, 0.6) is 0 Å². The SMILES string of the molecule is COCCC(C)CC1c2[nH]c3ccccc3c2CC(C(=O)OC)N1C(=O)C1CCC(CN(C)C(=O)OC(C)(C)C)CC1. The lowest BCUT2D eigenvalue weighted by molar-refractivity contribution is -0.159. The predicted molar refractivity (Wildman–Crippen MR) is 162 cm³/mol. The summed E-state index contributed by atoms with van der Waals surface area (Å²) in [7, 11) is 4.87. The number of aromatic nitrogens is 1. The van der Waals surface area contributed by atoms with E-state index in [1.807, 2.05) is 43.9 Å². The van der Waals surface area contributed by atoms with Gasteiger partial charge in [0.2, 0.25) is 5.91 Å². The van der Waals surface area contributed by atoms with Gasteiger partial charge in [0, 0.05) is 56.2 Å². The lowest BCUT2D eigenvalue weighted by Crippen LogP contribution is -2.54. The Kier molecular flexibility index (Phi) is 10.2. The minimum atomic E-state index is -0.676. The van der Waals surface area contributed by atoms with Gasteiger partial charge in [0.05, 0.1) is 13.2 Å². The summed E-state index contributed by atoms with van der Waals surface area (Å²) in [4.78, 5) is 47.3. The number of esters is 1. The van der Waals surface area contributed by atoms with E-state index in [1.165, 1.54) is 7.11 Å². The third kappa shape index (κ3) is 7.28. The zero-order chi connectivity index (χ0) is 30.6. The molecule has 2 amide bonds. The largest absolute Gasteiger partial charge is 0.467 e. The first-order valence-corrected chi connectivity index (χ1v) is 15.4. The zero-order valence-electron chi connectivity index (χ0n) is 26.4. The monoisotopic (exact) mass is 583 g/mol. The van der Waals surface area contributed by atoms with Gasteiger partial charge < -0.3 is 29.0 Å². The van der Waals surface area contributed by atoms with Crippen LogP contribution in [-0.2, 0) is 30.2 Å². The minimum absolute atomic E-state index is 0.0256. The van der Waals surface area contributed by atoms with Crippen LogP contribution in [0.4, 0.5) is 4.79 Å². The molecule has 1 saturated carbocycles. The highest BCUT2D eigenvalue weighted by Gasteiger charge is 2.45. The Morgan fingerprint density at radius 1 is 1.10 bits per heavy atom. The van der Waals surface area contributed by atoms with Gasteiger partial charge in [-0.25, -0.2) is 9.59 Å². The highest BCUT2D eigenvalue weighted by molar-refractivity contribution is 5.91. The van der Waals surface area contributed by atoms with Crippen LogP contribution < -0.4 is 0 Å². The number of para-hydroxylation sites is 1. The number of hydrogen-bond acceptors (Lipinski definition) is 6. The molecule has 2 aromatic rings. The Morgan fingerprint density at radius 3 is 2.43 bits per heavy atom. The molecule has 0 bridgehead atoms. The number of nitrogens with zero attached hydrogens (tertiary/aromatic N) is 2. The van der Waals surface area contributed by atoms with Crippen molar-refractivity contribution in [2.24, 2.45) is 17.8 Å². The van der Waals surface area contributed by atoms with E-state index in [0.717, 1.165) is 60.7 Å². The first kappa shape index (κ1) is 31.9. The fourth-order valence-corrected chi connectivity index (χ4v) is 6.67. The number of H-pyrrole nitrogens is 1. The highest BCUT2D eigenvalue weighted by Crippen LogP contribution is 2.43. The summed E-state index contributed by atoms with van der Waals surface area (Å²) < 4.78 is 16.1. The van der Waals surface area contributed by atoms with Gasteiger partial charge in [-0.3, -0.25) is 4.79 Å². The summed E-state index contributed by atoms with van der Waals surface area (Å²) in [6, 6.07) is 7.20. The van der Waals surface area contributed by atoms with Crippen molar-refractivity contribution in [3.05, 3.63) is 35.5 Å². The lowest BCUT2D eigenvalue weighted by atomic mass is 9.79. The molecule has 1 aromatic carbocycles. The molecule has 0 spiro atoms. The molecule has 2 heterocycles. The normalized spacial score (nSPS) is 23.3. The van der Waals surface area contributed by atoms with E-state index < -0.39 is 11.6 Å². The van der Waals surface area contributed by atoms with Crippen LogP contribution in [0.25, 0.3) is 10.9 Å². The molecule has 1 aromatic heterocycles. The Balaban J connectivity index is 1.56.